The third-order valence-corrected chi connectivity index (χ3v) is 6.65. The molecule has 2 aromatic carbocycles. The predicted molar refractivity (Wildman–Crippen MR) is 153 cm³/mol. The van der Waals surface area contributed by atoms with E-state index in [0.29, 0.717) is 12.0 Å². The SMILES string of the molecule is CCC(C)(C)N(C(=O)C(C)NC(=O)OC(C)(C)C)C(C(=O)Nc1c(C)cccc1C)c1cc(C)cc(C)c1. The third kappa shape index (κ3) is 7.83. The monoisotopic (exact) mass is 523 g/mol. The number of hydrogen-bond donors (Lipinski definition) is 2. The van der Waals surface area contributed by atoms with Crippen molar-refractivity contribution in [1.82, 2.24) is 10.2 Å². The molecule has 0 fully saturated rings. The molecule has 2 atom stereocenters. The smallest absolute Gasteiger partial charge is 0.408 e. The van der Waals surface area contributed by atoms with E-state index in [9.17, 15) is 14.4 Å². The fourth-order valence-electron chi connectivity index (χ4n) is 4.49. The third-order valence-electron chi connectivity index (χ3n) is 6.65. The number of nitrogens with zero attached hydrogens (tertiary/aromatic N) is 1. The van der Waals surface area contributed by atoms with Gasteiger partial charge in [0.15, 0.2) is 0 Å². The largest absolute Gasteiger partial charge is 0.444 e. The highest BCUT2D eigenvalue weighted by atomic mass is 16.6. The van der Waals surface area contributed by atoms with Gasteiger partial charge in [0.1, 0.15) is 17.7 Å². The average Bonchev–Trinajstić information content (AvgIpc) is 2.77. The van der Waals surface area contributed by atoms with E-state index < -0.39 is 29.3 Å². The molecule has 7 nitrogen and oxygen atoms in total. The van der Waals surface area contributed by atoms with Gasteiger partial charge >= 0.3 is 6.09 Å². The summed E-state index contributed by atoms with van der Waals surface area (Å²) in [4.78, 5) is 42.4. The Kier molecular flexibility index (Phi) is 9.76. The van der Waals surface area contributed by atoms with Crippen molar-refractivity contribution in [2.45, 2.75) is 106 Å². The van der Waals surface area contributed by atoms with Gasteiger partial charge in [0.05, 0.1) is 0 Å². The highest BCUT2D eigenvalue weighted by Crippen LogP contribution is 2.34. The van der Waals surface area contributed by atoms with Gasteiger partial charge in [0, 0.05) is 11.2 Å². The van der Waals surface area contributed by atoms with Gasteiger partial charge in [-0.05, 0) is 92.3 Å². The van der Waals surface area contributed by atoms with Crippen molar-refractivity contribution in [3.8, 4) is 0 Å². The van der Waals surface area contributed by atoms with Crippen molar-refractivity contribution in [1.29, 1.82) is 0 Å². The highest BCUT2D eigenvalue weighted by Gasteiger charge is 2.42. The van der Waals surface area contributed by atoms with Crippen LogP contribution in [0.4, 0.5) is 10.5 Å². The van der Waals surface area contributed by atoms with Gasteiger partial charge in [-0.15, -0.1) is 0 Å². The number of carbonyl (C=O) groups excluding carboxylic acids is 3. The van der Waals surface area contributed by atoms with Crippen LogP contribution >= 0.6 is 0 Å². The Bertz CT molecular complexity index is 1140. The minimum absolute atomic E-state index is 0.313. The molecule has 0 aliphatic heterocycles. The van der Waals surface area contributed by atoms with Gasteiger partial charge < -0.3 is 20.3 Å². The lowest BCUT2D eigenvalue weighted by molar-refractivity contribution is -0.147. The number of rotatable bonds is 8. The quantitative estimate of drug-likeness (QED) is 0.412. The van der Waals surface area contributed by atoms with Crippen LogP contribution in [0.3, 0.4) is 0 Å². The summed E-state index contributed by atoms with van der Waals surface area (Å²) in [6.07, 6.45) is -0.0916. The summed E-state index contributed by atoms with van der Waals surface area (Å²) in [6.45, 7) is 20.6. The normalized spacial score (nSPS) is 13.3. The lowest BCUT2D eigenvalue weighted by Gasteiger charge is -2.44. The molecule has 0 aliphatic rings. The Morgan fingerprint density at radius 2 is 1.45 bits per heavy atom. The summed E-state index contributed by atoms with van der Waals surface area (Å²) >= 11 is 0. The fourth-order valence-corrected chi connectivity index (χ4v) is 4.49. The van der Waals surface area contributed by atoms with E-state index in [1.165, 1.54) is 0 Å². The zero-order chi connectivity index (χ0) is 29.0. The van der Waals surface area contributed by atoms with Crippen molar-refractivity contribution in [2.24, 2.45) is 0 Å². The molecule has 0 saturated heterocycles. The first-order valence-electron chi connectivity index (χ1n) is 13.2. The molecule has 208 valence electrons. The van der Waals surface area contributed by atoms with Gasteiger partial charge in [0.25, 0.3) is 5.91 Å². The molecule has 38 heavy (non-hydrogen) atoms. The second-order valence-electron chi connectivity index (χ2n) is 11.8. The van der Waals surface area contributed by atoms with Crippen molar-refractivity contribution >= 4 is 23.6 Å². The molecular weight excluding hydrogens is 478 g/mol. The first-order valence-corrected chi connectivity index (χ1v) is 13.2. The zero-order valence-corrected chi connectivity index (χ0v) is 24.9. The predicted octanol–water partition coefficient (Wildman–Crippen LogP) is 6.53. The number of amides is 3. The molecule has 0 saturated carbocycles. The zero-order valence-electron chi connectivity index (χ0n) is 24.9. The van der Waals surface area contributed by atoms with Crippen LogP contribution in [0.1, 0.15) is 88.7 Å². The molecule has 0 aromatic heterocycles. The maximum atomic E-state index is 14.2. The highest BCUT2D eigenvalue weighted by molar-refractivity contribution is 6.00. The number of nitrogens with one attached hydrogen (secondary N) is 2. The molecule has 0 spiro atoms. The maximum absolute atomic E-state index is 14.2. The van der Waals surface area contributed by atoms with Gasteiger partial charge in [-0.3, -0.25) is 9.59 Å². The Morgan fingerprint density at radius 1 is 0.921 bits per heavy atom. The molecule has 7 heteroatoms. The summed E-state index contributed by atoms with van der Waals surface area (Å²) in [7, 11) is 0. The lowest BCUT2D eigenvalue weighted by Crippen LogP contribution is -2.58. The van der Waals surface area contributed by atoms with Crippen LogP contribution in [0.25, 0.3) is 0 Å². The van der Waals surface area contributed by atoms with Crippen LogP contribution < -0.4 is 10.6 Å². The summed E-state index contributed by atoms with van der Waals surface area (Å²) in [5, 5.41) is 5.78. The number of para-hydroxylation sites is 1. The number of benzene rings is 2. The van der Waals surface area contributed by atoms with Crippen molar-refractivity contribution in [2.75, 3.05) is 5.32 Å². The minimum atomic E-state index is -0.932. The number of aryl methyl sites for hydroxylation is 4. The molecule has 0 bridgehead atoms. The van der Waals surface area contributed by atoms with Gasteiger partial charge in [-0.1, -0.05) is 54.4 Å². The molecule has 2 aromatic rings. The average molecular weight is 524 g/mol. The first kappa shape index (κ1) is 30.9. The van der Waals surface area contributed by atoms with Crippen LogP contribution in [0.2, 0.25) is 0 Å². The molecule has 3 amide bonds. The van der Waals surface area contributed by atoms with E-state index in [1.807, 2.05) is 84.9 Å². The Balaban J connectivity index is 2.63. The molecule has 0 aliphatic carbocycles. The molecule has 2 unspecified atom stereocenters. The van der Waals surface area contributed by atoms with E-state index in [1.54, 1.807) is 32.6 Å². The number of anilines is 1. The van der Waals surface area contributed by atoms with Crippen LogP contribution in [-0.2, 0) is 14.3 Å². The van der Waals surface area contributed by atoms with Crippen LogP contribution in [0, 0.1) is 27.7 Å². The number of alkyl carbamates (subject to hydrolysis) is 1. The first-order chi connectivity index (χ1) is 17.5. The van der Waals surface area contributed by atoms with Crippen molar-refractivity contribution < 1.29 is 19.1 Å². The van der Waals surface area contributed by atoms with E-state index in [-0.39, 0.29) is 11.8 Å². The fraction of sp³-hybridized carbons (Fsp3) is 0.516. The summed E-state index contributed by atoms with van der Waals surface area (Å²) in [5.74, 6) is -0.685. The number of hydrogen-bond acceptors (Lipinski definition) is 4. The van der Waals surface area contributed by atoms with Crippen LogP contribution in [-0.4, -0.2) is 40.0 Å². The van der Waals surface area contributed by atoms with Crippen LogP contribution in [0.15, 0.2) is 36.4 Å². The summed E-state index contributed by atoms with van der Waals surface area (Å²) in [5.41, 5.74) is 3.89. The molecule has 2 N–H and O–H groups in total. The van der Waals surface area contributed by atoms with E-state index in [4.69, 9.17) is 4.74 Å². The van der Waals surface area contributed by atoms with Gasteiger partial charge in [0.2, 0.25) is 5.91 Å². The van der Waals surface area contributed by atoms with Crippen molar-refractivity contribution in [3.05, 3.63) is 64.2 Å². The topological polar surface area (TPSA) is 87.7 Å². The van der Waals surface area contributed by atoms with Crippen molar-refractivity contribution in [3.63, 3.8) is 0 Å². The summed E-state index contributed by atoms with van der Waals surface area (Å²) < 4.78 is 5.38. The standard InChI is InChI=1S/C31H45N3O4/c1-12-31(10,11)34(28(36)23(6)32-29(37)38-30(7,8)9)26(24-17-19(2)16-20(3)18-24)27(35)33-25-21(4)14-13-15-22(25)5/h13-18,23,26H,12H2,1-11H3,(H,32,37)(H,33,35). The van der Waals surface area contributed by atoms with Gasteiger partial charge in [-0.25, -0.2) is 4.79 Å². The number of carbonyl (C=O) groups is 3. The minimum Gasteiger partial charge on any atom is -0.444 e. The number of ether oxygens (including phenoxy) is 1. The molecule has 0 heterocycles. The second kappa shape index (κ2) is 12.0. The van der Waals surface area contributed by atoms with Gasteiger partial charge in [-0.2, -0.15) is 0 Å². The van der Waals surface area contributed by atoms with E-state index in [0.717, 1.165) is 27.9 Å². The molecular formula is C31H45N3O4. The lowest BCUT2D eigenvalue weighted by atomic mass is 9.91. The Labute approximate surface area is 228 Å². The Hall–Kier alpha value is -3.35. The molecule has 0 radical (unpaired) electrons. The Morgan fingerprint density at radius 3 is 1.92 bits per heavy atom. The second-order valence-corrected chi connectivity index (χ2v) is 11.8. The van der Waals surface area contributed by atoms with E-state index >= 15 is 0 Å². The van der Waals surface area contributed by atoms with Crippen LogP contribution in [0.5, 0.6) is 0 Å². The maximum Gasteiger partial charge on any atom is 0.408 e. The summed E-state index contributed by atoms with van der Waals surface area (Å²) in [6, 6.07) is 9.91. The van der Waals surface area contributed by atoms with E-state index in [2.05, 4.69) is 10.6 Å². The molecule has 2 rings (SSSR count).